The SMILES string of the molecule is CCON=O.N[C@@H](CS)C(=O)O. The summed E-state index contributed by atoms with van der Waals surface area (Å²) in [5.74, 6) is -0.815. The van der Waals surface area contributed by atoms with Gasteiger partial charge in [0.2, 0.25) is 0 Å². The molecule has 0 radical (unpaired) electrons. The summed E-state index contributed by atoms with van der Waals surface area (Å²) in [4.78, 5) is 22.6. The molecule has 0 fully saturated rings. The van der Waals surface area contributed by atoms with Gasteiger partial charge in [-0.1, -0.05) is 0 Å². The molecule has 0 aliphatic rings. The van der Waals surface area contributed by atoms with Gasteiger partial charge in [-0.05, 0) is 6.92 Å². The van der Waals surface area contributed by atoms with Crippen LogP contribution < -0.4 is 5.73 Å². The van der Waals surface area contributed by atoms with Crippen molar-refractivity contribution >= 4 is 18.6 Å². The fourth-order valence-corrected chi connectivity index (χ4v) is 0.287. The van der Waals surface area contributed by atoms with Gasteiger partial charge in [0.25, 0.3) is 0 Å². The van der Waals surface area contributed by atoms with E-state index in [0.717, 1.165) is 0 Å². The van der Waals surface area contributed by atoms with Gasteiger partial charge in [-0.25, -0.2) is 0 Å². The maximum atomic E-state index is 9.76. The summed E-state index contributed by atoms with van der Waals surface area (Å²) in [6.45, 7) is 2.06. The van der Waals surface area contributed by atoms with Gasteiger partial charge in [-0.3, -0.25) is 4.79 Å². The minimum Gasteiger partial charge on any atom is -0.480 e. The number of carboxylic acids is 1. The first-order valence-corrected chi connectivity index (χ1v) is 3.77. The highest BCUT2D eigenvalue weighted by Crippen LogP contribution is 1.80. The Labute approximate surface area is 75.4 Å². The minimum atomic E-state index is -1.00. The van der Waals surface area contributed by atoms with Crippen LogP contribution in [-0.2, 0) is 9.63 Å². The van der Waals surface area contributed by atoms with E-state index in [2.05, 4.69) is 22.8 Å². The largest absolute Gasteiger partial charge is 0.480 e. The predicted octanol–water partition coefficient (Wildman–Crippen LogP) is 0.0324. The van der Waals surface area contributed by atoms with Crippen molar-refractivity contribution in [2.24, 2.45) is 11.1 Å². The fourth-order valence-electron chi connectivity index (χ4n) is 0.131. The normalized spacial score (nSPS) is 10.6. The molecule has 0 aromatic heterocycles. The average molecular weight is 196 g/mol. The van der Waals surface area contributed by atoms with E-state index in [0.29, 0.717) is 6.61 Å². The first kappa shape index (κ1) is 13.7. The van der Waals surface area contributed by atoms with Crippen molar-refractivity contribution in [1.29, 1.82) is 0 Å². The summed E-state index contributed by atoms with van der Waals surface area (Å²) in [5, 5.41) is 10.1. The molecule has 1 atom stereocenters. The van der Waals surface area contributed by atoms with E-state index >= 15 is 0 Å². The highest BCUT2D eigenvalue weighted by molar-refractivity contribution is 7.80. The molecule has 0 amide bonds. The summed E-state index contributed by atoms with van der Waals surface area (Å²) < 4.78 is 0. The number of carboxylic acid groups (broad SMARTS) is 1. The van der Waals surface area contributed by atoms with Gasteiger partial charge < -0.3 is 15.7 Å². The first-order chi connectivity index (χ1) is 5.59. The third kappa shape index (κ3) is 11.9. The van der Waals surface area contributed by atoms with Gasteiger partial charge in [0.1, 0.15) is 12.6 Å². The van der Waals surface area contributed by atoms with E-state index < -0.39 is 12.0 Å². The van der Waals surface area contributed by atoms with Crippen LogP contribution in [0.2, 0.25) is 0 Å². The molecular weight excluding hydrogens is 184 g/mol. The first-order valence-electron chi connectivity index (χ1n) is 3.14. The molecule has 6 nitrogen and oxygen atoms in total. The van der Waals surface area contributed by atoms with Crippen molar-refractivity contribution in [1.82, 2.24) is 0 Å². The molecule has 0 aromatic carbocycles. The molecular formula is C5H12N2O4S. The minimum absolute atomic E-state index is 0.190. The quantitative estimate of drug-likeness (QED) is 0.334. The van der Waals surface area contributed by atoms with Crippen LogP contribution in [0.4, 0.5) is 0 Å². The Balaban J connectivity index is 0. The molecule has 0 rings (SSSR count). The summed E-state index contributed by atoms with van der Waals surface area (Å²) in [7, 11) is 0. The molecule has 0 unspecified atom stereocenters. The van der Waals surface area contributed by atoms with E-state index in [-0.39, 0.29) is 5.75 Å². The van der Waals surface area contributed by atoms with Gasteiger partial charge in [0.15, 0.2) is 5.34 Å². The molecule has 72 valence electrons. The zero-order valence-electron chi connectivity index (χ0n) is 6.64. The second-order valence-electron chi connectivity index (χ2n) is 1.62. The van der Waals surface area contributed by atoms with Crippen LogP contribution in [-0.4, -0.2) is 29.5 Å². The lowest BCUT2D eigenvalue weighted by Crippen LogP contribution is -2.31. The molecule has 12 heavy (non-hydrogen) atoms. The summed E-state index contributed by atoms with van der Waals surface area (Å²) >= 11 is 3.65. The van der Waals surface area contributed by atoms with Crippen LogP contribution in [0, 0.1) is 4.91 Å². The smallest absolute Gasteiger partial charge is 0.321 e. The van der Waals surface area contributed by atoms with Crippen LogP contribution in [0.5, 0.6) is 0 Å². The third-order valence-corrected chi connectivity index (χ3v) is 1.09. The van der Waals surface area contributed by atoms with Gasteiger partial charge in [-0.2, -0.15) is 12.6 Å². The van der Waals surface area contributed by atoms with Crippen LogP contribution in [0.15, 0.2) is 5.34 Å². The Morgan fingerprint density at radius 1 is 1.83 bits per heavy atom. The zero-order chi connectivity index (χ0) is 9.98. The number of carbonyl (C=O) groups is 1. The predicted molar refractivity (Wildman–Crippen MR) is 46.9 cm³/mol. The van der Waals surface area contributed by atoms with Gasteiger partial charge in [0, 0.05) is 5.75 Å². The molecule has 0 saturated carbocycles. The lowest BCUT2D eigenvalue weighted by atomic mass is 10.4. The number of nitrogens with two attached hydrogens (primary N) is 1. The zero-order valence-corrected chi connectivity index (χ0v) is 7.53. The van der Waals surface area contributed by atoms with Crippen molar-refractivity contribution in [2.45, 2.75) is 13.0 Å². The molecule has 0 heterocycles. The Hall–Kier alpha value is -0.820. The lowest BCUT2D eigenvalue weighted by Gasteiger charge is -1.96. The summed E-state index contributed by atoms with van der Waals surface area (Å²) in [5.41, 5.74) is 4.94. The molecule has 0 aliphatic heterocycles. The Morgan fingerprint density at radius 3 is 2.33 bits per heavy atom. The van der Waals surface area contributed by atoms with E-state index in [9.17, 15) is 4.79 Å². The summed E-state index contributed by atoms with van der Waals surface area (Å²) in [6.07, 6.45) is 0. The van der Waals surface area contributed by atoms with Crippen LogP contribution in [0.1, 0.15) is 6.92 Å². The second-order valence-corrected chi connectivity index (χ2v) is 1.98. The van der Waals surface area contributed by atoms with E-state index in [1.165, 1.54) is 0 Å². The number of aliphatic carboxylic acids is 1. The van der Waals surface area contributed by atoms with Crippen molar-refractivity contribution in [2.75, 3.05) is 12.4 Å². The standard InChI is InChI=1S/C3H7NO2S.C2H5NO2/c4-2(1-7)3(5)6;1-2-5-3-4/h2,7H,1,4H2,(H,5,6);2H2,1H3/t2-;/m0./s1. The maximum Gasteiger partial charge on any atom is 0.321 e. The molecule has 7 heteroatoms. The average Bonchev–Trinajstić information content (AvgIpc) is 2.05. The highest BCUT2D eigenvalue weighted by Gasteiger charge is 2.06. The number of hydrogen-bond acceptors (Lipinski definition) is 6. The topological polar surface area (TPSA) is 102 Å². The van der Waals surface area contributed by atoms with Crippen molar-refractivity contribution in [3.05, 3.63) is 4.91 Å². The number of hydrogen-bond donors (Lipinski definition) is 3. The number of thiol groups is 1. The van der Waals surface area contributed by atoms with Gasteiger partial charge in [0.05, 0.1) is 0 Å². The lowest BCUT2D eigenvalue weighted by molar-refractivity contribution is -0.137. The molecule has 0 spiro atoms. The highest BCUT2D eigenvalue weighted by atomic mass is 32.1. The van der Waals surface area contributed by atoms with Crippen LogP contribution in [0.3, 0.4) is 0 Å². The Bertz CT molecular complexity index is 133. The molecule has 0 aliphatic carbocycles. The number of nitrogens with zero attached hydrogens (tertiary/aromatic N) is 1. The van der Waals surface area contributed by atoms with Crippen LogP contribution in [0.25, 0.3) is 0 Å². The maximum absolute atomic E-state index is 9.76. The second kappa shape index (κ2) is 10.2. The van der Waals surface area contributed by atoms with Crippen molar-refractivity contribution < 1.29 is 14.7 Å². The molecule has 0 bridgehead atoms. The van der Waals surface area contributed by atoms with Crippen molar-refractivity contribution in [3.8, 4) is 0 Å². The number of rotatable bonds is 4. The Morgan fingerprint density at radius 2 is 2.33 bits per heavy atom. The Kier molecular flexibility index (Phi) is 11.7. The van der Waals surface area contributed by atoms with Gasteiger partial charge >= 0.3 is 5.97 Å². The van der Waals surface area contributed by atoms with E-state index in [1.807, 2.05) is 0 Å². The third-order valence-electron chi connectivity index (χ3n) is 0.696. The van der Waals surface area contributed by atoms with E-state index in [1.54, 1.807) is 6.92 Å². The summed E-state index contributed by atoms with van der Waals surface area (Å²) in [6, 6.07) is -0.816. The van der Waals surface area contributed by atoms with Gasteiger partial charge in [-0.15, -0.1) is 4.91 Å². The molecule has 0 aromatic rings. The van der Waals surface area contributed by atoms with Crippen LogP contribution >= 0.6 is 12.6 Å². The van der Waals surface area contributed by atoms with E-state index in [4.69, 9.17) is 15.7 Å². The monoisotopic (exact) mass is 196 g/mol. The van der Waals surface area contributed by atoms with Crippen molar-refractivity contribution in [3.63, 3.8) is 0 Å². The molecule has 0 saturated heterocycles. The molecule has 3 N–H and O–H groups in total. The fraction of sp³-hybridized carbons (Fsp3) is 0.800.